The first kappa shape index (κ1) is 16.7. The topological polar surface area (TPSA) is 75.1 Å². The zero-order valence-corrected chi connectivity index (χ0v) is 11.9. The van der Waals surface area contributed by atoms with Crippen LogP contribution in [0.5, 0.6) is 5.75 Å². The first-order chi connectivity index (χ1) is 11.3. The molecule has 1 aromatic carbocycles. The molecule has 1 saturated heterocycles. The summed E-state index contributed by atoms with van der Waals surface area (Å²) in [5.41, 5.74) is -3.47. The van der Waals surface area contributed by atoms with Crippen molar-refractivity contribution in [2.45, 2.75) is 11.5 Å². The second-order valence-corrected chi connectivity index (χ2v) is 5.14. The smallest absolute Gasteiger partial charge is 0.511 e. The third-order valence-corrected chi connectivity index (χ3v) is 3.61. The number of hydrogen-bond donors (Lipinski definition) is 2. The van der Waals surface area contributed by atoms with Gasteiger partial charge < -0.3 is 19.4 Å². The van der Waals surface area contributed by atoms with Gasteiger partial charge in [0.1, 0.15) is 23.1 Å². The first-order valence-electron chi connectivity index (χ1n) is 6.73. The molecule has 24 heavy (non-hydrogen) atoms. The van der Waals surface area contributed by atoms with E-state index in [9.17, 15) is 17.6 Å². The molecule has 3 rings (SSSR count). The van der Waals surface area contributed by atoms with Crippen LogP contribution in [0.15, 0.2) is 36.5 Å². The van der Waals surface area contributed by atoms with Crippen LogP contribution in [0.3, 0.4) is 0 Å². The largest absolute Gasteiger partial charge is 0.707 e. The van der Waals surface area contributed by atoms with Crippen LogP contribution < -0.4 is 4.65 Å². The van der Waals surface area contributed by atoms with Crippen molar-refractivity contribution in [3.8, 4) is 5.75 Å². The highest BCUT2D eigenvalue weighted by molar-refractivity contribution is 6.33. The minimum Gasteiger partial charge on any atom is -0.511 e. The Balaban J connectivity index is 1.94. The Morgan fingerprint density at radius 3 is 2.42 bits per heavy atom. The number of benzene rings is 1. The van der Waals surface area contributed by atoms with Crippen molar-refractivity contribution in [2.24, 2.45) is 0 Å². The van der Waals surface area contributed by atoms with Gasteiger partial charge in [-0.1, -0.05) is 0 Å². The maximum Gasteiger partial charge on any atom is 0.707 e. The lowest BCUT2D eigenvalue weighted by Gasteiger charge is -2.24. The van der Waals surface area contributed by atoms with E-state index >= 15 is 0 Å². The predicted octanol–water partition coefficient (Wildman–Crippen LogP) is 1.73. The van der Waals surface area contributed by atoms with Crippen LogP contribution in [0.1, 0.15) is 11.3 Å². The Morgan fingerprint density at radius 2 is 1.92 bits per heavy atom. The number of aromatic nitrogens is 1. The van der Waals surface area contributed by atoms with E-state index in [1.54, 1.807) is 0 Å². The number of nitrogens with zero attached hydrogens (tertiary/aromatic N) is 1. The molecule has 2 heterocycles. The summed E-state index contributed by atoms with van der Waals surface area (Å²) < 4.78 is 65.7. The summed E-state index contributed by atoms with van der Waals surface area (Å²) >= 11 is 0. The minimum absolute atomic E-state index is 0.150. The zero-order chi connectivity index (χ0) is 17.5. The lowest BCUT2D eigenvalue weighted by Crippen LogP contribution is -2.34. The molecule has 0 saturated carbocycles. The van der Waals surface area contributed by atoms with Gasteiger partial charge in [0.25, 0.3) is 0 Å². The number of alkyl halides is 2. The van der Waals surface area contributed by atoms with Crippen molar-refractivity contribution in [2.75, 3.05) is 6.61 Å². The number of rotatable bonds is 5. The zero-order valence-electron chi connectivity index (χ0n) is 11.9. The molecule has 5 nitrogen and oxygen atoms in total. The van der Waals surface area contributed by atoms with E-state index < -0.39 is 48.3 Å². The summed E-state index contributed by atoms with van der Waals surface area (Å²) in [7, 11) is -2.12. The van der Waals surface area contributed by atoms with Crippen molar-refractivity contribution in [1.82, 2.24) is 4.98 Å². The van der Waals surface area contributed by atoms with Crippen molar-refractivity contribution in [1.29, 1.82) is 0 Å². The standard InChI is InChI=1S/C14H10BF4NO4/c16-8-1-3-10(11(17)5-8)13(7-23-13)14(18,19)12-4-2-9(6-20-12)24-15(21)22/h1-6,21-22H,7H2. The highest BCUT2D eigenvalue weighted by Crippen LogP contribution is 2.56. The average molecular weight is 343 g/mol. The molecular formula is C14H10BF4NO4. The Bertz CT molecular complexity index is 753. The van der Waals surface area contributed by atoms with Gasteiger partial charge in [-0.3, -0.25) is 4.98 Å². The van der Waals surface area contributed by atoms with E-state index in [1.807, 2.05) is 0 Å². The van der Waals surface area contributed by atoms with Crippen molar-refractivity contribution in [3.63, 3.8) is 0 Å². The summed E-state index contributed by atoms with van der Waals surface area (Å²) in [4.78, 5) is 3.51. The molecule has 1 aromatic heterocycles. The second kappa shape index (κ2) is 5.73. The Kier molecular flexibility index (Phi) is 3.98. The Hall–Kier alpha value is -2.17. The molecule has 1 aliphatic heterocycles. The highest BCUT2D eigenvalue weighted by atomic mass is 19.3. The molecule has 1 aliphatic rings. The Labute approximate surface area is 133 Å². The molecule has 1 atom stereocenters. The summed E-state index contributed by atoms with van der Waals surface area (Å²) in [5, 5.41) is 17.3. The molecule has 0 bridgehead atoms. The van der Waals surface area contributed by atoms with E-state index in [1.165, 1.54) is 0 Å². The molecule has 0 radical (unpaired) electrons. The van der Waals surface area contributed by atoms with Gasteiger partial charge in [0, 0.05) is 11.6 Å². The van der Waals surface area contributed by atoms with Crippen molar-refractivity contribution < 1.29 is 37.0 Å². The van der Waals surface area contributed by atoms with Crippen molar-refractivity contribution in [3.05, 3.63) is 59.4 Å². The van der Waals surface area contributed by atoms with E-state index in [2.05, 4.69) is 9.64 Å². The molecule has 0 amide bonds. The summed E-state index contributed by atoms with van der Waals surface area (Å²) in [6, 6.07) is 4.22. The average Bonchev–Trinajstić information content (AvgIpc) is 3.29. The van der Waals surface area contributed by atoms with E-state index in [0.717, 1.165) is 30.5 Å². The van der Waals surface area contributed by atoms with Gasteiger partial charge >= 0.3 is 13.2 Å². The van der Waals surface area contributed by atoms with E-state index in [-0.39, 0.29) is 5.75 Å². The second-order valence-electron chi connectivity index (χ2n) is 5.14. The van der Waals surface area contributed by atoms with Crippen LogP contribution in [0, 0.1) is 11.6 Å². The van der Waals surface area contributed by atoms with Gasteiger partial charge in [0.15, 0.2) is 5.60 Å². The van der Waals surface area contributed by atoms with Crippen LogP contribution >= 0.6 is 0 Å². The van der Waals surface area contributed by atoms with Crippen molar-refractivity contribution >= 4 is 7.32 Å². The maximum absolute atomic E-state index is 14.8. The van der Waals surface area contributed by atoms with Crippen LogP contribution in [-0.2, 0) is 16.3 Å². The van der Waals surface area contributed by atoms with Gasteiger partial charge in [-0.2, -0.15) is 8.78 Å². The van der Waals surface area contributed by atoms with Gasteiger partial charge in [0.05, 0.1) is 12.8 Å². The quantitative estimate of drug-likeness (QED) is 0.491. The Morgan fingerprint density at radius 1 is 1.21 bits per heavy atom. The maximum atomic E-state index is 14.8. The van der Waals surface area contributed by atoms with Gasteiger partial charge in [0.2, 0.25) is 0 Å². The molecular weight excluding hydrogens is 333 g/mol. The molecule has 10 heteroatoms. The number of halogens is 4. The molecule has 2 N–H and O–H groups in total. The molecule has 0 spiro atoms. The molecule has 2 aromatic rings. The van der Waals surface area contributed by atoms with Crippen LogP contribution in [0.2, 0.25) is 0 Å². The number of pyridine rings is 1. The molecule has 1 fully saturated rings. The predicted molar refractivity (Wildman–Crippen MR) is 72.9 cm³/mol. The van der Waals surface area contributed by atoms with Gasteiger partial charge in [-0.25, -0.2) is 8.78 Å². The minimum atomic E-state index is -3.71. The lowest BCUT2D eigenvalue weighted by atomic mass is 9.90. The molecule has 126 valence electrons. The fourth-order valence-electron chi connectivity index (χ4n) is 2.36. The first-order valence-corrected chi connectivity index (χ1v) is 6.73. The summed E-state index contributed by atoms with van der Waals surface area (Å²) in [5.74, 6) is -5.89. The van der Waals surface area contributed by atoms with E-state index in [0.29, 0.717) is 6.07 Å². The van der Waals surface area contributed by atoms with Gasteiger partial charge in [-0.05, 0) is 24.3 Å². The fraction of sp³-hybridized carbons (Fsp3) is 0.214. The number of ether oxygens (including phenoxy) is 1. The number of epoxide rings is 1. The van der Waals surface area contributed by atoms with Crippen LogP contribution in [0.25, 0.3) is 0 Å². The fourth-order valence-corrected chi connectivity index (χ4v) is 2.36. The summed E-state index contributed by atoms with van der Waals surface area (Å²) in [6.07, 6.45) is 0.861. The van der Waals surface area contributed by atoms with E-state index in [4.69, 9.17) is 14.8 Å². The number of hydrogen-bond acceptors (Lipinski definition) is 5. The third kappa shape index (κ3) is 2.72. The van der Waals surface area contributed by atoms with Gasteiger partial charge in [-0.15, -0.1) is 0 Å². The lowest BCUT2D eigenvalue weighted by molar-refractivity contribution is -0.0902. The summed E-state index contributed by atoms with van der Waals surface area (Å²) in [6.45, 7) is -0.460. The SMILES string of the molecule is OB(O)Oc1ccc(C(F)(F)C2(c3ccc(F)cc3F)CO2)nc1. The highest BCUT2D eigenvalue weighted by Gasteiger charge is 2.68. The molecule has 0 aliphatic carbocycles. The van der Waals surface area contributed by atoms with Crippen LogP contribution in [-0.4, -0.2) is 29.0 Å². The third-order valence-electron chi connectivity index (χ3n) is 3.61. The van der Waals surface area contributed by atoms with Crippen LogP contribution in [0.4, 0.5) is 17.6 Å². The molecule has 1 unspecified atom stereocenters. The monoisotopic (exact) mass is 343 g/mol. The normalized spacial score (nSPS) is 19.9.